The topological polar surface area (TPSA) is 92.7 Å². The average Bonchev–Trinajstić information content (AvgIpc) is 3.18. The van der Waals surface area contributed by atoms with Gasteiger partial charge in [-0.15, -0.1) is 0 Å². The van der Waals surface area contributed by atoms with Crippen LogP contribution in [0.15, 0.2) is 42.1 Å². The minimum Gasteiger partial charge on any atom is -0.466 e. The van der Waals surface area contributed by atoms with Gasteiger partial charge in [0.25, 0.3) is 0 Å². The highest BCUT2D eigenvalue weighted by Gasteiger charge is 2.42. The van der Waals surface area contributed by atoms with Gasteiger partial charge in [0.15, 0.2) is 0 Å². The highest BCUT2D eigenvalue weighted by atomic mass is 16.5. The summed E-state index contributed by atoms with van der Waals surface area (Å²) in [5, 5.41) is 7.34. The first-order chi connectivity index (χ1) is 17.1. The molecule has 0 saturated carbocycles. The summed E-state index contributed by atoms with van der Waals surface area (Å²) in [5.41, 5.74) is 1.43. The third-order valence-electron chi connectivity index (χ3n) is 7.22. The number of carbonyl (C=O) groups excluding carboxylic acids is 3. The van der Waals surface area contributed by atoms with Crippen molar-refractivity contribution in [3.63, 3.8) is 0 Å². The van der Waals surface area contributed by atoms with Crippen molar-refractivity contribution in [1.29, 1.82) is 0 Å². The lowest BCUT2D eigenvalue weighted by atomic mass is 9.76. The zero-order valence-corrected chi connectivity index (χ0v) is 24.2. The van der Waals surface area contributed by atoms with E-state index >= 15 is 0 Å². The third-order valence-corrected chi connectivity index (χ3v) is 7.22. The lowest BCUT2D eigenvalue weighted by Crippen LogP contribution is -2.61. The number of aryl methyl sites for hydroxylation is 1. The number of esters is 1. The maximum absolute atomic E-state index is 13.8. The lowest BCUT2D eigenvalue weighted by Gasteiger charge is -2.38. The fraction of sp³-hybridized carbons (Fsp3) is 0.552. The number of hydrogen-bond donors (Lipinski definition) is 2. The van der Waals surface area contributed by atoms with E-state index in [9.17, 15) is 14.4 Å². The fourth-order valence-electron chi connectivity index (χ4n) is 4.81. The van der Waals surface area contributed by atoms with Crippen molar-refractivity contribution in [3.05, 3.63) is 47.7 Å². The fourth-order valence-corrected chi connectivity index (χ4v) is 4.81. The number of fused-ring (bicyclic) bond motifs is 1. The van der Waals surface area contributed by atoms with Crippen LogP contribution in [0, 0.1) is 5.41 Å². The predicted molar refractivity (Wildman–Crippen MR) is 148 cm³/mol. The van der Waals surface area contributed by atoms with Gasteiger partial charge in [-0.05, 0) is 37.9 Å². The molecule has 8 nitrogen and oxygen atoms in total. The summed E-state index contributed by atoms with van der Waals surface area (Å²) in [5.74, 6) is -0.933. The van der Waals surface area contributed by atoms with Crippen LogP contribution in [-0.4, -0.2) is 66.6 Å². The Balaban J connectivity index is 2.37. The Hall–Kier alpha value is -3.13. The molecule has 0 fully saturated rings. The summed E-state index contributed by atoms with van der Waals surface area (Å²) in [4.78, 5) is 40.8. The van der Waals surface area contributed by atoms with E-state index in [4.69, 9.17) is 4.74 Å². The molecule has 2 amide bonds. The summed E-state index contributed by atoms with van der Waals surface area (Å²) in [6.45, 7) is 13.3. The smallest absolute Gasteiger partial charge is 0.333 e. The van der Waals surface area contributed by atoms with E-state index in [-0.39, 0.29) is 17.9 Å². The molecule has 0 aliphatic carbocycles. The molecule has 37 heavy (non-hydrogen) atoms. The highest BCUT2D eigenvalue weighted by Crippen LogP contribution is 2.35. The van der Waals surface area contributed by atoms with Crippen molar-refractivity contribution in [1.82, 2.24) is 20.1 Å². The van der Waals surface area contributed by atoms with Crippen LogP contribution < -0.4 is 10.6 Å². The number of aromatic nitrogens is 1. The number of benzene rings is 1. The van der Waals surface area contributed by atoms with Gasteiger partial charge in [0.1, 0.15) is 6.04 Å². The summed E-state index contributed by atoms with van der Waals surface area (Å²) in [6.07, 6.45) is 3.76. The van der Waals surface area contributed by atoms with E-state index in [1.165, 1.54) is 7.11 Å². The summed E-state index contributed by atoms with van der Waals surface area (Å²) in [6, 6.07) is 6.38. The van der Waals surface area contributed by atoms with E-state index in [1.807, 2.05) is 60.7 Å². The van der Waals surface area contributed by atoms with Crippen LogP contribution in [0.25, 0.3) is 10.9 Å². The molecule has 1 aromatic heterocycles. The Labute approximate surface area is 221 Å². The number of hydrogen-bond acceptors (Lipinski definition) is 5. The van der Waals surface area contributed by atoms with Crippen molar-refractivity contribution in [2.24, 2.45) is 12.5 Å². The molecule has 8 heteroatoms. The van der Waals surface area contributed by atoms with E-state index in [2.05, 4.69) is 33.5 Å². The minimum atomic E-state index is -0.779. The molecule has 1 heterocycles. The van der Waals surface area contributed by atoms with Crippen molar-refractivity contribution < 1.29 is 19.1 Å². The predicted octanol–water partition coefficient (Wildman–Crippen LogP) is 3.54. The Bertz CT molecular complexity index is 1170. The number of nitrogens with zero attached hydrogens (tertiary/aromatic N) is 2. The van der Waals surface area contributed by atoms with Gasteiger partial charge in [-0.25, -0.2) is 4.79 Å². The first-order valence-electron chi connectivity index (χ1n) is 12.6. The van der Waals surface area contributed by atoms with Crippen molar-refractivity contribution in [2.45, 2.75) is 72.0 Å². The number of ether oxygens (including phenoxy) is 1. The summed E-state index contributed by atoms with van der Waals surface area (Å²) >= 11 is 0. The van der Waals surface area contributed by atoms with E-state index in [1.54, 1.807) is 32.0 Å². The number of nitrogens with one attached hydrogen (secondary N) is 2. The van der Waals surface area contributed by atoms with Gasteiger partial charge in [0.2, 0.25) is 11.8 Å². The first kappa shape index (κ1) is 30.1. The molecular formula is C29H44N4O4. The number of methoxy groups -OCH3 is 1. The molecule has 0 spiro atoms. The van der Waals surface area contributed by atoms with Gasteiger partial charge < -0.3 is 24.8 Å². The van der Waals surface area contributed by atoms with Gasteiger partial charge >= 0.3 is 5.97 Å². The molecule has 0 bridgehead atoms. The van der Waals surface area contributed by atoms with E-state index in [0.717, 1.165) is 16.5 Å². The van der Waals surface area contributed by atoms with Crippen molar-refractivity contribution in [3.8, 4) is 0 Å². The molecule has 3 atom stereocenters. The molecule has 0 radical (unpaired) electrons. The minimum absolute atomic E-state index is 0.236. The second-order valence-electron chi connectivity index (χ2n) is 11.5. The Morgan fingerprint density at radius 3 is 2.22 bits per heavy atom. The van der Waals surface area contributed by atoms with Gasteiger partial charge in [-0.1, -0.05) is 58.9 Å². The Morgan fingerprint density at radius 2 is 1.68 bits per heavy atom. The zero-order chi connectivity index (χ0) is 28.3. The maximum atomic E-state index is 13.8. The van der Waals surface area contributed by atoms with Crippen LogP contribution in [0.4, 0.5) is 0 Å². The monoisotopic (exact) mass is 512 g/mol. The van der Waals surface area contributed by atoms with Crippen LogP contribution >= 0.6 is 0 Å². The van der Waals surface area contributed by atoms with Crippen molar-refractivity contribution in [2.75, 3.05) is 21.2 Å². The number of amides is 2. The summed E-state index contributed by atoms with van der Waals surface area (Å²) < 4.78 is 6.83. The van der Waals surface area contributed by atoms with Gasteiger partial charge in [-0.2, -0.15) is 0 Å². The number of likely N-dealkylation sites (N-methyl/N-ethyl adjacent to an activating group) is 2. The summed E-state index contributed by atoms with van der Waals surface area (Å²) in [7, 11) is 6.76. The molecule has 1 aromatic carbocycles. The van der Waals surface area contributed by atoms with E-state index in [0.29, 0.717) is 5.57 Å². The molecule has 0 unspecified atom stereocenters. The van der Waals surface area contributed by atoms with Crippen LogP contribution in [0.5, 0.6) is 0 Å². The number of carbonyl (C=O) groups is 3. The van der Waals surface area contributed by atoms with E-state index < -0.39 is 28.9 Å². The maximum Gasteiger partial charge on any atom is 0.333 e. The molecule has 204 valence electrons. The number of rotatable bonds is 9. The third kappa shape index (κ3) is 6.42. The average molecular weight is 513 g/mol. The van der Waals surface area contributed by atoms with Crippen LogP contribution in [-0.2, 0) is 31.6 Å². The van der Waals surface area contributed by atoms with Crippen LogP contribution in [0.3, 0.4) is 0 Å². The highest BCUT2D eigenvalue weighted by molar-refractivity contribution is 5.93. The SMILES string of the molecule is CN[C@H](C(=O)N[C@H](C(=O)N(C)[C@@H](C)C=C(C)C(=O)OC)C(C)(C)C)C(C)(C)c1cn(C)c2ccccc12. The molecule has 0 aliphatic heterocycles. The van der Waals surface area contributed by atoms with Crippen LogP contribution in [0.1, 0.15) is 54.0 Å². The molecule has 2 N–H and O–H groups in total. The molecule has 2 aromatic rings. The molecular weight excluding hydrogens is 468 g/mol. The molecule has 0 aliphatic rings. The second kappa shape index (κ2) is 11.5. The second-order valence-corrected chi connectivity index (χ2v) is 11.5. The van der Waals surface area contributed by atoms with Gasteiger partial charge in [-0.3, -0.25) is 9.59 Å². The normalized spacial score (nSPS) is 15.2. The van der Waals surface area contributed by atoms with Gasteiger partial charge in [0, 0.05) is 48.2 Å². The Morgan fingerprint density at radius 1 is 1.08 bits per heavy atom. The standard InChI is InChI=1S/C29H44N4O4/c1-18(27(36)37-11)16-19(2)33(10)26(35)24(28(3,4)5)31-25(34)23(30-8)29(6,7)21-17-32(9)22-15-13-12-14-20(21)22/h12-17,19,23-24,30H,1-11H3,(H,31,34)/t19-,23+,24+/m0/s1. The first-order valence-corrected chi connectivity index (χ1v) is 12.6. The van der Waals surface area contributed by atoms with Gasteiger partial charge in [0.05, 0.1) is 13.2 Å². The molecule has 0 saturated heterocycles. The quantitative estimate of drug-likeness (QED) is 0.396. The molecule has 2 rings (SSSR count). The number of para-hydroxylation sites is 1. The zero-order valence-electron chi connectivity index (χ0n) is 24.2. The Kier molecular flexibility index (Phi) is 9.36. The largest absolute Gasteiger partial charge is 0.466 e. The lowest BCUT2D eigenvalue weighted by molar-refractivity contribution is -0.140. The van der Waals surface area contributed by atoms with Crippen molar-refractivity contribution >= 4 is 28.7 Å². The van der Waals surface area contributed by atoms with Crippen LogP contribution in [0.2, 0.25) is 0 Å².